The number of hydrogen-bond acceptors (Lipinski definition) is 0. The Kier molecular flexibility index (Phi) is 4.62. The molecule has 0 amide bonds. The molecule has 1 aliphatic heterocycles. The van der Waals surface area contributed by atoms with Crippen LogP contribution in [0.25, 0.3) is 0 Å². The van der Waals surface area contributed by atoms with E-state index in [2.05, 4.69) is 64.1 Å². The molecule has 2 atom stereocenters. The lowest BCUT2D eigenvalue weighted by Gasteiger charge is -2.21. The van der Waals surface area contributed by atoms with Gasteiger partial charge in [0.2, 0.25) is 0 Å². The minimum atomic E-state index is -0.522. The molecular weight excluding hydrogens is 307 g/mol. The van der Waals surface area contributed by atoms with Crippen LogP contribution >= 0.6 is 18.5 Å². The number of halogens is 1. The fourth-order valence-corrected chi connectivity index (χ4v) is 7.16. The summed E-state index contributed by atoms with van der Waals surface area (Å²) >= 11 is 6.99. The summed E-state index contributed by atoms with van der Waals surface area (Å²) in [4.78, 5) is 0. The van der Waals surface area contributed by atoms with Crippen LogP contribution in [0.5, 0.6) is 0 Å². The summed E-state index contributed by atoms with van der Waals surface area (Å²) in [5, 5.41) is 0. The highest BCUT2D eigenvalue weighted by molar-refractivity contribution is 7.84. The summed E-state index contributed by atoms with van der Waals surface area (Å²) in [6, 6.07) is 13.8. The smallest absolute Gasteiger partial charge is 0.0186 e. The van der Waals surface area contributed by atoms with E-state index in [4.69, 9.17) is 11.2 Å². The summed E-state index contributed by atoms with van der Waals surface area (Å²) < 4.78 is 0. The molecule has 0 aliphatic carbocycles. The normalized spacial score (nSPS) is 22.2. The maximum absolute atomic E-state index is 6.99. The molecule has 0 N–H and O–H groups in total. The third-order valence-electron chi connectivity index (χ3n) is 4.57. The molecule has 1 saturated heterocycles. The molecule has 0 nitrogen and oxygen atoms in total. The van der Waals surface area contributed by atoms with Crippen LogP contribution in [0, 0.1) is 27.7 Å². The van der Waals surface area contributed by atoms with Gasteiger partial charge in [-0.2, -0.15) is 0 Å². The monoisotopic (exact) mass is 330 g/mol. The Morgan fingerprint density at radius 2 is 1.00 bits per heavy atom. The molecule has 0 aromatic heterocycles. The molecule has 0 spiro atoms. The van der Waals surface area contributed by atoms with Crippen molar-refractivity contribution >= 4 is 18.5 Å². The van der Waals surface area contributed by atoms with E-state index in [0.29, 0.717) is 11.3 Å². The highest BCUT2D eigenvalue weighted by atomic mass is 35.7. The highest BCUT2D eigenvalue weighted by Gasteiger charge is 2.36. The van der Waals surface area contributed by atoms with E-state index in [9.17, 15) is 0 Å². The second-order valence-electron chi connectivity index (χ2n) is 6.80. The molecule has 2 heteroatoms. The number of rotatable bonds is 2. The van der Waals surface area contributed by atoms with Crippen molar-refractivity contribution in [1.82, 2.24) is 0 Å². The van der Waals surface area contributed by atoms with Crippen molar-refractivity contribution in [2.45, 2.75) is 51.9 Å². The Hall–Kier alpha value is -0.840. The number of benzene rings is 2. The first-order valence-electron chi connectivity index (χ1n) is 8.04. The van der Waals surface area contributed by atoms with Crippen molar-refractivity contribution in [2.75, 3.05) is 0 Å². The summed E-state index contributed by atoms with van der Waals surface area (Å²) in [5.41, 5.74) is 9.39. The lowest BCUT2D eigenvalue weighted by molar-refractivity contribution is 0.764. The van der Waals surface area contributed by atoms with Gasteiger partial charge in [-0.05, 0) is 51.7 Å². The van der Waals surface area contributed by atoms with Crippen LogP contribution < -0.4 is 0 Å². The van der Waals surface area contributed by atoms with Gasteiger partial charge in [-0.3, -0.25) is 0 Å². The second kappa shape index (κ2) is 6.34. The molecule has 116 valence electrons. The van der Waals surface area contributed by atoms with Crippen LogP contribution in [0.3, 0.4) is 0 Å². The van der Waals surface area contributed by atoms with Gasteiger partial charge in [-0.15, -0.1) is 0 Å². The van der Waals surface area contributed by atoms with Crippen LogP contribution in [0.15, 0.2) is 36.4 Å². The Balaban J connectivity index is 1.89. The van der Waals surface area contributed by atoms with Gasteiger partial charge in [0, 0.05) is 18.6 Å². The average Bonchev–Trinajstić information content (AvgIpc) is 2.78. The molecule has 22 heavy (non-hydrogen) atoms. The Morgan fingerprint density at radius 3 is 1.32 bits per heavy atom. The van der Waals surface area contributed by atoms with Crippen molar-refractivity contribution in [3.63, 3.8) is 0 Å². The zero-order valence-electron chi connectivity index (χ0n) is 13.9. The van der Waals surface area contributed by atoms with Gasteiger partial charge in [0.15, 0.2) is 0 Å². The molecule has 0 unspecified atom stereocenters. The van der Waals surface area contributed by atoms with Crippen LogP contribution in [0.4, 0.5) is 0 Å². The van der Waals surface area contributed by atoms with Crippen molar-refractivity contribution in [1.29, 1.82) is 0 Å². The molecule has 2 aromatic rings. The SMILES string of the molecule is Cc1cc(C)cc([C@@H]2CC[C@@H](c3cc(C)cc(C)c3)P2Cl)c1. The predicted molar refractivity (Wildman–Crippen MR) is 99.3 cm³/mol. The molecule has 3 rings (SSSR count). The lowest BCUT2D eigenvalue weighted by atomic mass is 9.99. The first-order chi connectivity index (χ1) is 10.4. The summed E-state index contributed by atoms with van der Waals surface area (Å²) in [6.07, 6.45) is 2.44. The molecular formula is C20H24ClP. The van der Waals surface area contributed by atoms with Crippen LogP contribution in [0.2, 0.25) is 0 Å². The van der Waals surface area contributed by atoms with Gasteiger partial charge in [0.25, 0.3) is 0 Å². The lowest BCUT2D eigenvalue weighted by Crippen LogP contribution is -1.93. The van der Waals surface area contributed by atoms with Gasteiger partial charge in [0.05, 0.1) is 0 Å². The molecule has 1 aliphatic rings. The fraction of sp³-hybridized carbons (Fsp3) is 0.400. The minimum Gasteiger partial charge on any atom is -0.0951 e. The Labute approximate surface area is 140 Å². The Bertz CT molecular complexity index is 592. The van der Waals surface area contributed by atoms with E-state index in [-0.39, 0.29) is 0 Å². The minimum absolute atomic E-state index is 0.522. The van der Waals surface area contributed by atoms with E-state index >= 15 is 0 Å². The van der Waals surface area contributed by atoms with Gasteiger partial charge in [-0.25, -0.2) is 0 Å². The van der Waals surface area contributed by atoms with Crippen molar-refractivity contribution in [2.24, 2.45) is 0 Å². The van der Waals surface area contributed by atoms with E-state index in [1.54, 1.807) is 0 Å². The zero-order valence-corrected chi connectivity index (χ0v) is 15.5. The summed E-state index contributed by atoms with van der Waals surface area (Å²) in [6.45, 7) is 8.74. The van der Waals surface area contributed by atoms with Crippen LogP contribution in [-0.2, 0) is 0 Å². The van der Waals surface area contributed by atoms with Crippen LogP contribution in [0.1, 0.15) is 57.5 Å². The molecule has 0 bridgehead atoms. The predicted octanol–water partition coefficient (Wildman–Crippen LogP) is 7.13. The van der Waals surface area contributed by atoms with Crippen molar-refractivity contribution in [3.8, 4) is 0 Å². The van der Waals surface area contributed by atoms with E-state index < -0.39 is 7.27 Å². The van der Waals surface area contributed by atoms with E-state index in [1.165, 1.54) is 46.2 Å². The summed E-state index contributed by atoms with van der Waals surface area (Å²) in [7, 11) is -0.522. The van der Waals surface area contributed by atoms with E-state index in [1.807, 2.05) is 0 Å². The third kappa shape index (κ3) is 3.24. The van der Waals surface area contributed by atoms with Crippen molar-refractivity contribution in [3.05, 3.63) is 69.8 Å². The topological polar surface area (TPSA) is 0 Å². The standard InChI is InChI=1S/C20H24ClP/c1-13-7-14(2)10-17(9-13)19-5-6-20(22(19)21)18-11-15(3)8-16(4)12-18/h7-12,19-20H,5-6H2,1-4H3/t19-,20-/m0/s1. The third-order valence-corrected chi connectivity index (χ3v) is 8.28. The molecule has 1 heterocycles. The first kappa shape index (κ1) is 16.0. The van der Waals surface area contributed by atoms with Gasteiger partial charge < -0.3 is 0 Å². The average molecular weight is 331 g/mol. The van der Waals surface area contributed by atoms with Gasteiger partial charge in [-0.1, -0.05) is 69.9 Å². The first-order valence-corrected chi connectivity index (χ1v) is 10.4. The van der Waals surface area contributed by atoms with Crippen LogP contribution in [-0.4, -0.2) is 0 Å². The molecule has 0 saturated carbocycles. The molecule has 1 fully saturated rings. The molecule has 2 aromatic carbocycles. The summed E-state index contributed by atoms with van der Waals surface area (Å²) in [5.74, 6) is 0. The maximum atomic E-state index is 6.99. The van der Waals surface area contributed by atoms with Crippen molar-refractivity contribution < 1.29 is 0 Å². The highest BCUT2D eigenvalue weighted by Crippen LogP contribution is 2.73. The quantitative estimate of drug-likeness (QED) is 0.513. The largest absolute Gasteiger partial charge is 0.0951 e. The second-order valence-corrected chi connectivity index (χ2v) is 9.90. The molecule has 0 radical (unpaired) electrons. The zero-order chi connectivity index (χ0) is 15.9. The number of aryl methyl sites for hydroxylation is 4. The van der Waals surface area contributed by atoms with Gasteiger partial charge in [0.1, 0.15) is 0 Å². The van der Waals surface area contributed by atoms with Gasteiger partial charge >= 0.3 is 0 Å². The Morgan fingerprint density at radius 1 is 0.682 bits per heavy atom. The maximum Gasteiger partial charge on any atom is 0.0186 e. The fourth-order valence-electron chi connectivity index (χ4n) is 3.80. The van der Waals surface area contributed by atoms with E-state index in [0.717, 1.165) is 0 Å². The number of hydrogen-bond donors (Lipinski definition) is 0.